The van der Waals surface area contributed by atoms with E-state index < -0.39 is 15.7 Å². The molecular formula is C24H20N2O5S. The molecule has 2 aliphatic heterocycles. The number of sulfone groups is 1. The maximum absolute atomic E-state index is 13.3. The molecule has 0 aliphatic carbocycles. The van der Waals surface area contributed by atoms with Gasteiger partial charge in [-0.15, -0.1) is 0 Å². The van der Waals surface area contributed by atoms with Gasteiger partial charge in [0, 0.05) is 23.0 Å². The normalized spacial score (nSPS) is 15.8. The Hall–Kier alpha value is -3.78. The summed E-state index contributed by atoms with van der Waals surface area (Å²) in [6, 6.07) is 18.9. The molecule has 0 spiro atoms. The SMILES string of the molecule is Cc1ccc(NC(=O)C2=C(Nc3ccc4c(c3)OCCO4)c3ccccc3S2(=O)=O)cc1. The second-order valence-corrected chi connectivity index (χ2v) is 9.36. The Balaban J connectivity index is 1.57. The van der Waals surface area contributed by atoms with Crippen LogP contribution in [0.15, 0.2) is 76.5 Å². The molecule has 0 radical (unpaired) electrons. The van der Waals surface area contributed by atoms with Gasteiger partial charge in [-0.25, -0.2) is 8.42 Å². The van der Waals surface area contributed by atoms with Gasteiger partial charge in [0.15, 0.2) is 16.4 Å². The number of rotatable bonds is 4. The van der Waals surface area contributed by atoms with Crippen molar-refractivity contribution in [3.05, 3.63) is 82.8 Å². The third-order valence-electron chi connectivity index (χ3n) is 5.27. The quantitative estimate of drug-likeness (QED) is 0.627. The van der Waals surface area contributed by atoms with Crippen LogP contribution < -0.4 is 20.1 Å². The number of hydrogen-bond donors (Lipinski definition) is 2. The van der Waals surface area contributed by atoms with E-state index in [1.165, 1.54) is 6.07 Å². The van der Waals surface area contributed by atoms with Gasteiger partial charge in [0.1, 0.15) is 13.2 Å². The lowest BCUT2D eigenvalue weighted by Gasteiger charge is -2.19. The lowest BCUT2D eigenvalue weighted by atomic mass is 10.1. The Morgan fingerprint density at radius 3 is 2.34 bits per heavy atom. The van der Waals surface area contributed by atoms with Crippen LogP contribution in [0.25, 0.3) is 5.70 Å². The van der Waals surface area contributed by atoms with Crippen LogP contribution in [0.2, 0.25) is 0 Å². The first-order valence-electron chi connectivity index (χ1n) is 10.1. The maximum atomic E-state index is 13.3. The number of hydrogen-bond acceptors (Lipinski definition) is 6. The van der Waals surface area contributed by atoms with Crippen LogP contribution in [-0.4, -0.2) is 27.5 Å². The van der Waals surface area contributed by atoms with Gasteiger partial charge in [0.25, 0.3) is 5.91 Å². The second-order valence-electron chi connectivity index (χ2n) is 7.51. The Morgan fingerprint density at radius 2 is 1.56 bits per heavy atom. The number of fused-ring (bicyclic) bond motifs is 2. The molecular weight excluding hydrogens is 428 g/mol. The van der Waals surface area contributed by atoms with Gasteiger partial charge in [-0.05, 0) is 37.3 Å². The molecule has 0 bridgehead atoms. The zero-order valence-corrected chi connectivity index (χ0v) is 18.0. The summed E-state index contributed by atoms with van der Waals surface area (Å²) < 4.78 is 37.8. The molecule has 8 heteroatoms. The predicted molar refractivity (Wildman–Crippen MR) is 121 cm³/mol. The number of amides is 1. The molecule has 0 saturated heterocycles. The summed E-state index contributed by atoms with van der Waals surface area (Å²) in [6.45, 7) is 2.84. The first kappa shape index (κ1) is 20.1. The standard InChI is InChI=1S/C24H20N2O5S/c1-15-6-8-16(9-7-15)26-24(27)23-22(18-4-2-3-5-21(18)32(23,28)29)25-17-10-11-19-20(14-17)31-13-12-30-19/h2-11,14,25H,12-13H2,1H3,(H,26,27). The molecule has 0 aromatic heterocycles. The van der Waals surface area contributed by atoms with E-state index in [4.69, 9.17) is 9.47 Å². The average molecular weight is 449 g/mol. The van der Waals surface area contributed by atoms with Crippen molar-refractivity contribution in [1.29, 1.82) is 0 Å². The number of ether oxygens (including phenoxy) is 2. The van der Waals surface area contributed by atoms with E-state index in [1.54, 1.807) is 48.5 Å². The fraction of sp³-hybridized carbons (Fsp3) is 0.125. The first-order chi connectivity index (χ1) is 15.4. The molecule has 1 amide bonds. The van der Waals surface area contributed by atoms with E-state index in [-0.39, 0.29) is 15.5 Å². The summed E-state index contributed by atoms with van der Waals surface area (Å²) in [5.74, 6) is 0.472. The monoisotopic (exact) mass is 448 g/mol. The van der Waals surface area contributed by atoms with Gasteiger partial charge in [0.05, 0.1) is 10.6 Å². The highest BCUT2D eigenvalue weighted by molar-refractivity contribution is 7.97. The van der Waals surface area contributed by atoms with Crippen LogP contribution >= 0.6 is 0 Å². The minimum Gasteiger partial charge on any atom is -0.486 e. The smallest absolute Gasteiger partial charge is 0.269 e. The molecule has 32 heavy (non-hydrogen) atoms. The Kier molecular flexibility index (Phi) is 4.86. The van der Waals surface area contributed by atoms with E-state index in [2.05, 4.69) is 10.6 Å². The van der Waals surface area contributed by atoms with E-state index in [9.17, 15) is 13.2 Å². The topological polar surface area (TPSA) is 93.7 Å². The molecule has 3 aromatic rings. The zero-order chi connectivity index (χ0) is 22.3. The van der Waals surface area contributed by atoms with Crippen molar-refractivity contribution in [2.45, 2.75) is 11.8 Å². The number of carbonyl (C=O) groups is 1. The summed E-state index contributed by atoms with van der Waals surface area (Å²) in [5.41, 5.74) is 2.79. The molecule has 0 fully saturated rings. The summed E-state index contributed by atoms with van der Waals surface area (Å²) in [7, 11) is -4.01. The number of anilines is 2. The fourth-order valence-corrected chi connectivity index (χ4v) is 5.39. The molecule has 7 nitrogen and oxygen atoms in total. The van der Waals surface area contributed by atoms with Gasteiger partial charge in [-0.2, -0.15) is 0 Å². The predicted octanol–water partition coefficient (Wildman–Crippen LogP) is 3.97. The summed E-state index contributed by atoms with van der Waals surface area (Å²) in [5, 5.41) is 5.84. The van der Waals surface area contributed by atoms with Gasteiger partial charge >= 0.3 is 0 Å². The van der Waals surface area contributed by atoms with Crippen molar-refractivity contribution >= 4 is 32.8 Å². The molecule has 2 aliphatic rings. The Bertz CT molecular complexity index is 1360. The zero-order valence-electron chi connectivity index (χ0n) is 17.2. The molecule has 0 unspecified atom stereocenters. The lowest BCUT2D eigenvalue weighted by Crippen LogP contribution is -2.20. The molecule has 2 N–H and O–H groups in total. The van der Waals surface area contributed by atoms with Crippen molar-refractivity contribution in [1.82, 2.24) is 0 Å². The van der Waals surface area contributed by atoms with Gasteiger partial charge in [-0.1, -0.05) is 35.9 Å². The third-order valence-corrected chi connectivity index (χ3v) is 7.13. The largest absolute Gasteiger partial charge is 0.486 e. The maximum Gasteiger partial charge on any atom is 0.269 e. The Morgan fingerprint density at radius 1 is 0.875 bits per heavy atom. The van der Waals surface area contributed by atoms with Crippen molar-refractivity contribution in [2.75, 3.05) is 23.8 Å². The van der Waals surface area contributed by atoms with Crippen LogP contribution in [0.3, 0.4) is 0 Å². The van der Waals surface area contributed by atoms with Crippen molar-refractivity contribution in [2.24, 2.45) is 0 Å². The number of benzene rings is 3. The van der Waals surface area contributed by atoms with E-state index in [0.29, 0.717) is 41.7 Å². The van der Waals surface area contributed by atoms with E-state index >= 15 is 0 Å². The van der Waals surface area contributed by atoms with Crippen molar-refractivity contribution < 1.29 is 22.7 Å². The highest BCUT2D eigenvalue weighted by Gasteiger charge is 2.40. The third kappa shape index (κ3) is 3.48. The molecule has 0 saturated carbocycles. The molecule has 0 atom stereocenters. The highest BCUT2D eigenvalue weighted by Crippen LogP contribution is 2.41. The van der Waals surface area contributed by atoms with Crippen LogP contribution in [0.1, 0.15) is 11.1 Å². The molecule has 162 valence electrons. The fourth-order valence-electron chi connectivity index (χ4n) is 3.72. The lowest BCUT2D eigenvalue weighted by molar-refractivity contribution is -0.112. The summed E-state index contributed by atoms with van der Waals surface area (Å²) in [4.78, 5) is 13.0. The molecule has 2 heterocycles. The summed E-state index contributed by atoms with van der Waals surface area (Å²) in [6.07, 6.45) is 0. The van der Waals surface area contributed by atoms with E-state index in [0.717, 1.165) is 5.56 Å². The molecule has 3 aromatic carbocycles. The van der Waals surface area contributed by atoms with Gasteiger partial charge in [-0.3, -0.25) is 4.79 Å². The molecule has 5 rings (SSSR count). The van der Waals surface area contributed by atoms with Gasteiger partial charge in [0.2, 0.25) is 9.84 Å². The van der Waals surface area contributed by atoms with Gasteiger partial charge < -0.3 is 20.1 Å². The Labute approximate surface area is 185 Å². The average Bonchev–Trinajstić information content (AvgIpc) is 3.02. The minimum atomic E-state index is -4.01. The highest BCUT2D eigenvalue weighted by atomic mass is 32.2. The second kappa shape index (κ2) is 7.72. The number of aryl methyl sites for hydroxylation is 1. The van der Waals surface area contributed by atoms with Crippen LogP contribution in [0, 0.1) is 6.92 Å². The number of nitrogens with one attached hydrogen (secondary N) is 2. The van der Waals surface area contributed by atoms with Crippen molar-refractivity contribution in [3.63, 3.8) is 0 Å². The van der Waals surface area contributed by atoms with Crippen LogP contribution in [-0.2, 0) is 14.6 Å². The van der Waals surface area contributed by atoms with Crippen LogP contribution in [0.5, 0.6) is 11.5 Å². The number of carbonyl (C=O) groups excluding carboxylic acids is 1. The van der Waals surface area contributed by atoms with Crippen molar-refractivity contribution in [3.8, 4) is 11.5 Å². The summed E-state index contributed by atoms with van der Waals surface area (Å²) >= 11 is 0. The minimum absolute atomic E-state index is 0.0918. The first-order valence-corrected chi connectivity index (χ1v) is 11.6. The van der Waals surface area contributed by atoms with Crippen LogP contribution in [0.4, 0.5) is 11.4 Å². The van der Waals surface area contributed by atoms with E-state index in [1.807, 2.05) is 19.1 Å².